The van der Waals surface area contributed by atoms with Crippen molar-refractivity contribution < 1.29 is 0 Å². The van der Waals surface area contributed by atoms with Crippen molar-refractivity contribution in [1.82, 2.24) is 0 Å². The lowest BCUT2D eigenvalue weighted by molar-refractivity contribution is 0.917. The zero-order valence-corrected chi connectivity index (χ0v) is 14.1. The Balaban J connectivity index is 1.87. The van der Waals surface area contributed by atoms with Gasteiger partial charge in [-0.25, -0.2) is 0 Å². The Kier molecular flexibility index (Phi) is 3.22. The highest BCUT2D eigenvalue weighted by atomic mass is 32.2. The van der Waals surface area contributed by atoms with E-state index in [4.69, 9.17) is 0 Å². The third kappa shape index (κ3) is 2.30. The van der Waals surface area contributed by atoms with Gasteiger partial charge in [0.15, 0.2) is 0 Å². The lowest BCUT2D eigenvalue weighted by Gasteiger charge is -2.14. The van der Waals surface area contributed by atoms with E-state index >= 15 is 0 Å². The Morgan fingerprint density at radius 2 is 0.957 bits per heavy atom. The quantitative estimate of drug-likeness (QED) is 0.348. The molecule has 8 rings (SSSR count). The van der Waals surface area contributed by atoms with Gasteiger partial charge >= 0.3 is 0 Å². The molecule has 23 heavy (non-hydrogen) atoms. The van der Waals surface area contributed by atoms with E-state index < -0.39 is 0 Å². The summed E-state index contributed by atoms with van der Waals surface area (Å²) in [5, 5.41) is 8.55. The van der Waals surface area contributed by atoms with Crippen LogP contribution in [0.4, 0.5) is 0 Å². The lowest BCUT2D eigenvalue weighted by atomic mass is 9.90. The van der Waals surface area contributed by atoms with Crippen LogP contribution in [0.3, 0.4) is 0 Å². The minimum Gasteiger partial charge on any atom is -0.162 e. The second-order valence-corrected chi connectivity index (χ2v) is 8.01. The van der Waals surface area contributed by atoms with Gasteiger partial charge in [0.25, 0.3) is 0 Å². The van der Waals surface area contributed by atoms with Gasteiger partial charge in [-0.2, -0.15) is 11.8 Å². The molecule has 4 aliphatic heterocycles. The van der Waals surface area contributed by atoms with E-state index in [1.54, 1.807) is 0 Å². The van der Waals surface area contributed by atoms with Crippen LogP contribution in [0.1, 0.15) is 24.0 Å². The van der Waals surface area contributed by atoms with Crippen LogP contribution in [0.15, 0.2) is 48.5 Å². The summed E-state index contributed by atoms with van der Waals surface area (Å²) < 4.78 is 0. The molecule has 4 aliphatic rings. The van der Waals surface area contributed by atoms with Crippen molar-refractivity contribution in [1.29, 1.82) is 0 Å². The van der Waals surface area contributed by atoms with Gasteiger partial charge in [-0.3, -0.25) is 0 Å². The van der Waals surface area contributed by atoms with Crippen LogP contribution in [0.2, 0.25) is 0 Å². The smallest absolute Gasteiger partial charge is 0.00266 e. The molecule has 0 unspecified atom stereocenters. The van der Waals surface area contributed by atoms with E-state index in [1.807, 2.05) is 0 Å². The summed E-state index contributed by atoms with van der Waals surface area (Å²) >= 11 is 2.12. The van der Waals surface area contributed by atoms with Crippen LogP contribution in [0.25, 0.3) is 32.3 Å². The normalized spacial score (nSPS) is 16.3. The number of rotatable bonds is 0. The Bertz CT molecular complexity index is 851. The van der Waals surface area contributed by atoms with Crippen molar-refractivity contribution in [2.75, 3.05) is 11.5 Å². The first-order valence-corrected chi connectivity index (χ1v) is 9.82. The van der Waals surface area contributed by atoms with Crippen molar-refractivity contribution in [3.8, 4) is 0 Å². The third-order valence-electron chi connectivity index (χ3n) is 5.16. The molecule has 0 saturated heterocycles. The van der Waals surface area contributed by atoms with E-state index in [-0.39, 0.29) is 0 Å². The molecule has 0 amide bonds. The van der Waals surface area contributed by atoms with E-state index in [0.717, 1.165) is 0 Å². The Hall–Kier alpha value is -1.73. The molecule has 0 saturated carbocycles. The molecule has 0 N–H and O–H groups in total. The first kappa shape index (κ1) is 13.7. The van der Waals surface area contributed by atoms with E-state index in [9.17, 15) is 0 Å². The number of aryl methyl sites for hydroxylation is 2. The SMILES string of the molecule is c1cc2cc3cc4ccc5cc(cc1c5c24)CCCSCCC3. The highest BCUT2D eigenvalue weighted by Gasteiger charge is 2.11. The summed E-state index contributed by atoms with van der Waals surface area (Å²) in [7, 11) is 0. The van der Waals surface area contributed by atoms with Gasteiger partial charge in [0.1, 0.15) is 0 Å². The van der Waals surface area contributed by atoms with Gasteiger partial charge in [0.2, 0.25) is 0 Å². The minimum absolute atomic E-state index is 1.20. The summed E-state index contributed by atoms with van der Waals surface area (Å²) in [6, 6.07) is 19.0. The standard InChI is InChI=1S/C22H20S/c1-3-15-11-17-5-7-19-13-16(4-2-10-23-9-1)14-20-8-6-18(12-15)21(17)22(19)20/h5-8,11-14H,1-4,9-10H2. The van der Waals surface area contributed by atoms with Gasteiger partial charge in [0.05, 0.1) is 0 Å². The molecular formula is C22H20S. The zero-order valence-electron chi connectivity index (χ0n) is 13.3. The summed E-state index contributed by atoms with van der Waals surface area (Å²) in [6.07, 6.45) is 4.98. The van der Waals surface area contributed by atoms with Gasteiger partial charge in [-0.05, 0) is 80.6 Å². The first-order chi connectivity index (χ1) is 11.4. The molecule has 8 bridgehead atoms. The Morgan fingerprint density at radius 3 is 1.35 bits per heavy atom. The average Bonchev–Trinajstić information content (AvgIpc) is 2.59. The molecule has 0 fully saturated rings. The predicted molar refractivity (Wildman–Crippen MR) is 104 cm³/mol. The largest absolute Gasteiger partial charge is 0.162 e. The maximum absolute atomic E-state index is 2.42. The summed E-state index contributed by atoms with van der Waals surface area (Å²) in [5.41, 5.74) is 2.99. The van der Waals surface area contributed by atoms with Gasteiger partial charge in [-0.15, -0.1) is 0 Å². The maximum Gasteiger partial charge on any atom is -0.00266 e. The predicted octanol–water partition coefficient (Wildman–Crippen LogP) is 6.20. The van der Waals surface area contributed by atoms with Crippen LogP contribution in [-0.4, -0.2) is 11.5 Å². The molecule has 0 radical (unpaired) electrons. The van der Waals surface area contributed by atoms with Crippen molar-refractivity contribution in [3.63, 3.8) is 0 Å². The number of fused-ring (bicyclic) bond motifs is 2. The fourth-order valence-electron chi connectivity index (χ4n) is 4.11. The monoisotopic (exact) mass is 316 g/mol. The third-order valence-corrected chi connectivity index (χ3v) is 6.32. The average molecular weight is 316 g/mol. The highest BCUT2D eigenvalue weighted by Crippen LogP contribution is 2.36. The highest BCUT2D eigenvalue weighted by molar-refractivity contribution is 7.99. The minimum atomic E-state index is 1.20. The summed E-state index contributed by atoms with van der Waals surface area (Å²) in [4.78, 5) is 0. The van der Waals surface area contributed by atoms with E-state index in [2.05, 4.69) is 60.3 Å². The number of hydrogen-bond acceptors (Lipinski definition) is 1. The number of thioether (sulfide) groups is 1. The Morgan fingerprint density at radius 1 is 0.565 bits per heavy atom. The molecule has 0 atom stereocenters. The first-order valence-electron chi connectivity index (χ1n) is 8.67. The molecule has 4 aromatic carbocycles. The molecule has 4 heterocycles. The Labute approximate surface area is 141 Å². The molecule has 0 spiro atoms. The second kappa shape index (κ2) is 5.42. The van der Waals surface area contributed by atoms with Crippen LogP contribution in [0.5, 0.6) is 0 Å². The fraction of sp³-hybridized carbons (Fsp3) is 0.273. The van der Waals surface area contributed by atoms with Crippen LogP contribution < -0.4 is 0 Å². The molecule has 0 nitrogen and oxygen atoms in total. The van der Waals surface area contributed by atoms with Crippen LogP contribution in [-0.2, 0) is 12.8 Å². The van der Waals surface area contributed by atoms with Crippen molar-refractivity contribution in [2.24, 2.45) is 0 Å². The maximum atomic E-state index is 2.42. The summed E-state index contributed by atoms with van der Waals surface area (Å²) in [5.74, 6) is 2.57. The van der Waals surface area contributed by atoms with Crippen LogP contribution >= 0.6 is 11.8 Å². The number of benzene rings is 4. The topological polar surface area (TPSA) is 0 Å². The van der Waals surface area contributed by atoms with E-state index in [0.29, 0.717) is 0 Å². The van der Waals surface area contributed by atoms with Gasteiger partial charge < -0.3 is 0 Å². The molecule has 0 aromatic heterocycles. The van der Waals surface area contributed by atoms with Crippen molar-refractivity contribution in [3.05, 3.63) is 59.7 Å². The molecule has 114 valence electrons. The van der Waals surface area contributed by atoms with Crippen molar-refractivity contribution in [2.45, 2.75) is 25.7 Å². The zero-order chi connectivity index (χ0) is 15.2. The van der Waals surface area contributed by atoms with Crippen LogP contribution in [0, 0.1) is 0 Å². The number of hydrogen-bond donors (Lipinski definition) is 0. The summed E-state index contributed by atoms with van der Waals surface area (Å²) in [6.45, 7) is 0. The fourth-order valence-corrected chi connectivity index (χ4v) is 5.02. The van der Waals surface area contributed by atoms with Gasteiger partial charge in [-0.1, -0.05) is 48.5 Å². The lowest BCUT2D eigenvalue weighted by Crippen LogP contribution is -1.91. The molecule has 1 heteroatoms. The molecule has 0 aliphatic carbocycles. The van der Waals surface area contributed by atoms with Gasteiger partial charge in [0, 0.05) is 0 Å². The second-order valence-electron chi connectivity index (χ2n) is 6.78. The molecule has 4 aromatic rings. The van der Waals surface area contributed by atoms with E-state index in [1.165, 1.54) is 80.6 Å². The molecular weight excluding hydrogens is 296 g/mol. The van der Waals surface area contributed by atoms with Crippen molar-refractivity contribution >= 4 is 44.1 Å².